The van der Waals surface area contributed by atoms with Crippen molar-refractivity contribution < 1.29 is 19.0 Å². The molecule has 0 aromatic rings. The van der Waals surface area contributed by atoms with E-state index in [1.807, 2.05) is 7.11 Å². The molecular formula is C33H54O4. The van der Waals surface area contributed by atoms with Crippen molar-refractivity contribution in [3.63, 3.8) is 0 Å². The Morgan fingerprint density at radius 3 is 2.54 bits per heavy atom. The van der Waals surface area contributed by atoms with Crippen molar-refractivity contribution in [2.45, 2.75) is 119 Å². The Bertz CT molecular complexity index is 925. The highest BCUT2D eigenvalue weighted by atomic mass is 16.5. The van der Waals surface area contributed by atoms with Crippen molar-refractivity contribution in [3.8, 4) is 0 Å². The zero-order valence-electron chi connectivity index (χ0n) is 25.2. The number of ketones is 1. The Morgan fingerprint density at radius 1 is 1.16 bits per heavy atom. The van der Waals surface area contributed by atoms with Crippen LogP contribution in [-0.4, -0.2) is 44.4 Å². The predicted molar refractivity (Wildman–Crippen MR) is 148 cm³/mol. The van der Waals surface area contributed by atoms with E-state index in [-0.39, 0.29) is 36.1 Å². The normalized spacial score (nSPS) is 49.9. The van der Waals surface area contributed by atoms with E-state index in [2.05, 4.69) is 54.5 Å². The van der Waals surface area contributed by atoms with Crippen LogP contribution in [0.3, 0.4) is 0 Å². The summed E-state index contributed by atoms with van der Waals surface area (Å²) in [7, 11) is 1.83. The van der Waals surface area contributed by atoms with Crippen LogP contribution >= 0.6 is 0 Å². The number of hydrogen-bond donors (Lipinski definition) is 0. The van der Waals surface area contributed by atoms with Crippen LogP contribution in [0, 0.1) is 51.2 Å². The van der Waals surface area contributed by atoms with Gasteiger partial charge >= 0.3 is 0 Å². The molecule has 11 unspecified atom stereocenters. The highest BCUT2D eigenvalue weighted by Crippen LogP contribution is 2.73. The van der Waals surface area contributed by atoms with Gasteiger partial charge in [0.05, 0.1) is 24.9 Å². The van der Waals surface area contributed by atoms with Gasteiger partial charge in [0, 0.05) is 18.4 Å². The molecule has 37 heavy (non-hydrogen) atoms. The monoisotopic (exact) mass is 514 g/mol. The van der Waals surface area contributed by atoms with Crippen molar-refractivity contribution in [2.24, 2.45) is 51.2 Å². The van der Waals surface area contributed by atoms with Gasteiger partial charge in [-0.3, -0.25) is 4.79 Å². The Balaban J connectivity index is 1.52. The first-order valence-corrected chi connectivity index (χ1v) is 15.3. The van der Waals surface area contributed by atoms with Gasteiger partial charge in [0.1, 0.15) is 6.61 Å². The standard InChI is InChI=1S/C33H54O4/c1-20(2)22(4)30(6)14-15-32(8)26-11-10-25-24-18-36-23(5)33(25,27(26)12-13-31(32,7)19-30)16-28(35-9)29(24)37-17-21(3)34/h12,20,22-26,28-29H,10-11,13-19H2,1-9H3. The fourth-order valence-corrected chi connectivity index (χ4v) is 10.5. The molecule has 0 spiro atoms. The van der Waals surface area contributed by atoms with E-state index in [4.69, 9.17) is 14.2 Å². The number of allylic oxidation sites excluding steroid dienone is 1. The van der Waals surface area contributed by atoms with E-state index in [0.29, 0.717) is 40.6 Å². The second-order valence-electron chi connectivity index (χ2n) is 15.1. The van der Waals surface area contributed by atoms with Crippen molar-refractivity contribution >= 4 is 5.78 Å². The lowest BCUT2D eigenvalue weighted by Crippen LogP contribution is -2.67. The second kappa shape index (κ2) is 9.44. The minimum absolute atomic E-state index is 0.00857. The largest absolute Gasteiger partial charge is 0.379 e. The summed E-state index contributed by atoms with van der Waals surface area (Å²) in [6, 6.07) is 0. The van der Waals surface area contributed by atoms with Crippen LogP contribution in [0.15, 0.2) is 11.6 Å². The van der Waals surface area contributed by atoms with Crippen LogP contribution in [-0.2, 0) is 19.0 Å². The molecule has 4 fully saturated rings. The third kappa shape index (κ3) is 3.97. The SMILES string of the molecule is COC1CC23C4=CCC5(C)CC(C)(C(C)C(C)C)CCC5(C)C4CCC2C(COC3C)C1OCC(C)=O. The van der Waals surface area contributed by atoms with E-state index in [1.165, 1.54) is 38.5 Å². The van der Waals surface area contributed by atoms with Crippen LogP contribution in [0.2, 0.25) is 0 Å². The van der Waals surface area contributed by atoms with E-state index in [0.717, 1.165) is 18.3 Å². The fraction of sp³-hybridized carbons (Fsp3) is 0.909. The van der Waals surface area contributed by atoms with Gasteiger partial charge in [0.2, 0.25) is 0 Å². The Kier molecular flexibility index (Phi) is 7.11. The topological polar surface area (TPSA) is 44.8 Å². The lowest BCUT2D eigenvalue weighted by molar-refractivity contribution is -0.247. The summed E-state index contributed by atoms with van der Waals surface area (Å²) in [5.41, 5.74) is 2.81. The van der Waals surface area contributed by atoms with Crippen LogP contribution in [0.25, 0.3) is 0 Å². The molecule has 11 atom stereocenters. The summed E-state index contributed by atoms with van der Waals surface area (Å²) in [6.45, 7) is 20.0. The maximum absolute atomic E-state index is 11.8. The molecule has 1 saturated heterocycles. The molecule has 4 aliphatic carbocycles. The first kappa shape index (κ1) is 27.8. The molecule has 1 aliphatic heterocycles. The van der Waals surface area contributed by atoms with Crippen molar-refractivity contribution in [3.05, 3.63) is 11.6 Å². The van der Waals surface area contributed by atoms with Crippen molar-refractivity contribution in [1.82, 2.24) is 0 Å². The second-order valence-corrected chi connectivity index (χ2v) is 15.1. The summed E-state index contributed by atoms with van der Waals surface area (Å²) in [6.07, 6.45) is 11.5. The number of ether oxygens (including phenoxy) is 3. The summed E-state index contributed by atoms with van der Waals surface area (Å²) in [5, 5.41) is 0. The molecule has 5 aliphatic rings. The molecular weight excluding hydrogens is 460 g/mol. The van der Waals surface area contributed by atoms with E-state index < -0.39 is 0 Å². The maximum Gasteiger partial charge on any atom is 0.155 e. The lowest BCUT2D eigenvalue weighted by atomic mass is 9.37. The van der Waals surface area contributed by atoms with Gasteiger partial charge in [-0.1, -0.05) is 53.2 Å². The smallest absolute Gasteiger partial charge is 0.155 e. The zero-order valence-corrected chi connectivity index (χ0v) is 25.2. The molecule has 0 amide bonds. The average molecular weight is 515 g/mol. The number of hydrogen-bond acceptors (Lipinski definition) is 4. The average Bonchev–Trinajstić information content (AvgIpc) is 2.84. The van der Waals surface area contributed by atoms with E-state index in [1.54, 1.807) is 12.5 Å². The summed E-state index contributed by atoms with van der Waals surface area (Å²) >= 11 is 0. The van der Waals surface area contributed by atoms with Crippen LogP contribution in [0.4, 0.5) is 0 Å². The lowest BCUT2D eigenvalue weighted by Gasteiger charge is -2.69. The number of methoxy groups -OCH3 is 1. The number of Topliss-reactive ketones (excluding diaryl/α,β-unsaturated/α-hetero) is 1. The van der Waals surface area contributed by atoms with E-state index in [9.17, 15) is 4.79 Å². The fourth-order valence-electron chi connectivity index (χ4n) is 10.5. The third-order valence-corrected chi connectivity index (χ3v) is 13.3. The van der Waals surface area contributed by atoms with Crippen LogP contribution in [0.5, 0.6) is 0 Å². The van der Waals surface area contributed by atoms with Crippen molar-refractivity contribution in [1.29, 1.82) is 0 Å². The van der Waals surface area contributed by atoms with Gasteiger partial charge in [-0.25, -0.2) is 0 Å². The highest BCUT2D eigenvalue weighted by molar-refractivity contribution is 5.76. The number of rotatable bonds is 6. The van der Waals surface area contributed by atoms with Gasteiger partial charge in [0.15, 0.2) is 5.78 Å². The van der Waals surface area contributed by atoms with Crippen LogP contribution in [0.1, 0.15) is 100 Å². The quantitative estimate of drug-likeness (QED) is 0.350. The van der Waals surface area contributed by atoms with Gasteiger partial charge in [-0.15, -0.1) is 0 Å². The Morgan fingerprint density at radius 2 is 1.89 bits per heavy atom. The maximum atomic E-state index is 11.8. The van der Waals surface area contributed by atoms with Gasteiger partial charge < -0.3 is 14.2 Å². The van der Waals surface area contributed by atoms with Crippen molar-refractivity contribution in [2.75, 3.05) is 20.3 Å². The Hall–Kier alpha value is -0.710. The highest BCUT2D eigenvalue weighted by Gasteiger charge is 2.68. The first-order chi connectivity index (χ1) is 17.3. The third-order valence-electron chi connectivity index (χ3n) is 13.3. The number of fused-ring (bicyclic) bond motifs is 3. The molecule has 210 valence electrons. The van der Waals surface area contributed by atoms with Gasteiger partial charge in [-0.05, 0) is 98.7 Å². The van der Waals surface area contributed by atoms with Gasteiger partial charge in [0.25, 0.3) is 0 Å². The minimum atomic E-state index is -0.0611. The van der Waals surface area contributed by atoms with E-state index >= 15 is 0 Å². The Labute approximate surface area is 226 Å². The summed E-state index contributed by atoms with van der Waals surface area (Å²) < 4.78 is 19.0. The minimum Gasteiger partial charge on any atom is -0.379 e. The predicted octanol–water partition coefficient (Wildman–Crippen LogP) is 7.25. The first-order valence-electron chi connectivity index (χ1n) is 15.3. The molecule has 0 N–H and O–H groups in total. The molecule has 1 heterocycles. The summed E-state index contributed by atoms with van der Waals surface area (Å²) in [5.74, 6) is 3.01. The molecule has 5 rings (SSSR count). The molecule has 0 aromatic heterocycles. The molecule has 4 nitrogen and oxygen atoms in total. The van der Waals surface area contributed by atoms with Gasteiger partial charge in [-0.2, -0.15) is 0 Å². The number of carbonyl (C=O) groups excluding carboxylic acids is 1. The number of carbonyl (C=O) groups is 1. The van der Waals surface area contributed by atoms with Crippen LogP contribution < -0.4 is 0 Å². The zero-order chi connectivity index (χ0) is 27.0. The molecule has 0 radical (unpaired) electrons. The molecule has 0 aromatic carbocycles. The molecule has 3 saturated carbocycles. The summed E-state index contributed by atoms with van der Waals surface area (Å²) in [4.78, 5) is 11.8. The molecule has 2 bridgehead atoms. The molecule has 4 heteroatoms.